The van der Waals surface area contributed by atoms with Crippen molar-refractivity contribution in [2.24, 2.45) is 5.92 Å². The molecule has 0 bridgehead atoms. The minimum absolute atomic E-state index is 0.0519. The SMILES string of the molecule is O=C(c1ccc(S(=O)(=O)N2CCc3ccc([N+](=O)[O-])cc32)cc1)C1CC1. The van der Waals surface area contributed by atoms with Gasteiger partial charge in [-0.2, -0.15) is 0 Å². The highest BCUT2D eigenvalue weighted by atomic mass is 32.2. The highest BCUT2D eigenvalue weighted by Crippen LogP contribution is 2.36. The first-order chi connectivity index (χ1) is 12.4. The number of hydrogen-bond donors (Lipinski definition) is 0. The molecule has 0 saturated heterocycles. The molecule has 26 heavy (non-hydrogen) atoms. The van der Waals surface area contributed by atoms with E-state index in [1.807, 2.05) is 0 Å². The van der Waals surface area contributed by atoms with E-state index >= 15 is 0 Å². The first-order valence-corrected chi connectivity index (χ1v) is 9.76. The first-order valence-electron chi connectivity index (χ1n) is 8.32. The van der Waals surface area contributed by atoms with E-state index in [2.05, 4.69) is 0 Å². The van der Waals surface area contributed by atoms with Crippen LogP contribution in [0.3, 0.4) is 0 Å². The van der Waals surface area contributed by atoms with E-state index < -0.39 is 14.9 Å². The van der Waals surface area contributed by atoms with E-state index in [1.54, 1.807) is 6.07 Å². The molecule has 0 atom stereocenters. The molecule has 8 heteroatoms. The number of carbonyl (C=O) groups excluding carboxylic acids is 1. The molecule has 0 amide bonds. The van der Waals surface area contributed by atoms with Gasteiger partial charge in [-0.3, -0.25) is 19.2 Å². The lowest BCUT2D eigenvalue weighted by molar-refractivity contribution is -0.384. The minimum atomic E-state index is -3.84. The van der Waals surface area contributed by atoms with Crippen LogP contribution in [0.15, 0.2) is 47.4 Å². The van der Waals surface area contributed by atoms with Crippen LogP contribution in [0, 0.1) is 16.0 Å². The summed E-state index contributed by atoms with van der Waals surface area (Å²) < 4.78 is 27.2. The van der Waals surface area contributed by atoms with Gasteiger partial charge in [0.25, 0.3) is 15.7 Å². The van der Waals surface area contributed by atoms with Crippen molar-refractivity contribution in [1.29, 1.82) is 0 Å². The van der Waals surface area contributed by atoms with Gasteiger partial charge >= 0.3 is 0 Å². The Morgan fingerprint density at radius 3 is 2.42 bits per heavy atom. The molecule has 4 rings (SSSR count). The number of carbonyl (C=O) groups is 1. The molecule has 7 nitrogen and oxygen atoms in total. The van der Waals surface area contributed by atoms with Crippen LogP contribution < -0.4 is 4.31 Å². The smallest absolute Gasteiger partial charge is 0.271 e. The van der Waals surface area contributed by atoms with Gasteiger partial charge in [0.15, 0.2) is 5.78 Å². The average Bonchev–Trinajstić information content (AvgIpc) is 3.39. The summed E-state index contributed by atoms with van der Waals surface area (Å²) in [6, 6.07) is 10.2. The quantitative estimate of drug-likeness (QED) is 0.457. The molecule has 1 fully saturated rings. The van der Waals surface area contributed by atoms with Gasteiger partial charge in [-0.1, -0.05) is 18.2 Å². The van der Waals surface area contributed by atoms with Crippen LogP contribution in [-0.4, -0.2) is 25.7 Å². The first kappa shape index (κ1) is 16.7. The van der Waals surface area contributed by atoms with Crippen LogP contribution >= 0.6 is 0 Å². The summed E-state index contributed by atoms with van der Waals surface area (Å²) in [5.41, 5.74) is 1.48. The van der Waals surface area contributed by atoms with Gasteiger partial charge in [0.2, 0.25) is 0 Å². The fourth-order valence-electron chi connectivity index (χ4n) is 3.20. The number of sulfonamides is 1. The predicted molar refractivity (Wildman–Crippen MR) is 94.8 cm³/mol. The van der Waals surface area contributed by atoms with Crippen molar-refractivity contribution < 1.29 is 18.1 Å². The van der Waals surface area contributed by atoms with Gasteiger partial charge in [-0.05, 0) is 37.0 Å². The summed E-state index contributed by atoms with van der Waals surface area (Å²) in [5.74, 6) is 0.125. The van der Waals surface area contributed by atoms with Crippen molar-refractivity contribution in [2.45, 2.75) is 24.2 Å². The Balaban J connectivity index is 1.67. The molecular formula is C18H16N2O5S. The number of rotatable bonds is 5. The Labute approximate surface area is 150 Å². The van der Waals surface area contributed by atoms with Gasteiger partial charge in [0.1, 0.15) is 0 Å². The highest BCUT2D eigenvalue weighted by Gasteiger charge is 2.33. The molecule has 0 aromatic heterocycles. The van der Waals surface area contributed by atoms with Gasteiger partial charge in [0.05, 0.1) is 15.5 Å². The predicted octanol–water partition coefficient (Wildman–Crippen LogP) is 2.94. The number of ketones is 1. The van der Waals surface area contributed by atoms with E-state index in [0.717, 1.165) is 18.4 Å². The lowest BCUT2D eigenvalue weighted by Gasteiger charge is -2.19. The third kappa shape index (κ3) is 2.76. The van der Waals surface area contributed by atoms with E-state index in [0.29, 0.717) is 17.7 Å². The third-order valence-corrected chi connectivity index (χ3v) is 6.64. The third-order valence-electron chi connectivity index (χ3n) is 4.81. The number of benzene rings is 2. The fraction of sp³-hybridized carbons (Fsp3) is 0.278. The molecule has 134 valence electrons. The number of nitrogens with zero attached hydrogens (tertiary/aromatic N) is 2. The maximum absolute atomic E-state index is 13.0. The summed E-state index contributed by atoms with van der Waals surface area (Å²) in [7, 11) is -3.84. The number of Topliss-reactive ketones (excluding diaryl/α,β-unsaturated/α-hetero) is 1. The molecule has 0 radical (unpaired) electrons. The second-order valence-corrected chi connectivity index (χ2v) is 8.42. The zero-order chi connectivity index (χ0) is 18.5. The molecule has 0 N–H and O–H groups in total. The summed E-state index contributed by atoms with van der Waals surface area (Å²) in [5, 5.41) is 11.0. The van der Waals surface area contributed by atoms with Crippen LogP contribution in [0.1, 0.15) is 28.8 Å². The summed E-state index contributed by atoms with van der Waals surface area (Å²) in [4.78, 5) is 22.6. The Bertz CT molecular complexity index is 1010. The summed E-state index contributed by atoms with van der Waals surface area (Å²) in [6.45, 7) is 0.238. The molecule has 1 heterocycles. The number of anilines is 1. The van der Waals surface area contributed by atoms with Crippen molar-refractivity contribution in [3.05, 3.63) is 63.7 Å². The van der Waals surface area contributed by atoms with Crippen LogP contribution in [0.25, 0.3) is 0 Å². The molecule has 0 spiro atoms. The van der Waals surface area contributed by atoms with Gasteiger partial charge in [0, 0.05) is 30.2 Å². The summed E-state index contributed by atoms with van der Waals surface area (Å²) >= 11 is 0. The van der Waals surface area contributed by atoms with Crippen LogP contribution in [0.4, 0.5) is 11.4 Å². The molecule has 2 aromatic rings. The minimum Gasteiger partial charge on any atom is -0.294 e. The van der Waals surface area contributed by atoms with E-state index in [9.17, 15) is 23.3 Å². The van der Waals surface area contributed by atoms with Crippen LogP contribution in [-0.2, 0) is 16.4 Å². The maximum atomic E-state index is 13.0. The van der Waals surface area contributed by atoms with E-state index in [1.165, 1.54) is 40.7 Å². The van der Waals surface area contributed by atoms with Crippen molar-refractivity contribution in [1.82, 2.24) is 0 Å². The number of nitro benzene ring substituents is 1. The topological polar surface area (TPSA) is 97.6 Å². The molecule has 2 aliphatic rings. The lowest BCUT2D eigenvalue weighted by Crippen LogP contribution is -2.29. The highest BCUT2D eigenvalue weighted by molar-refractivity contribution is 7.92. The standard InChI is InChI=1S/C18H16N2O5S/c21-18(13-1-2-13)14-4-7-16(8-5-14)26(24,25)19-10-9-12-3-6-15(20(22)23)11-17(12)19/h3-8,11,13H,1-2,9-10H2. The Kier molecular flexibility index (Phi) is 3.80. The summed E-state index contributed by atoms with van der Waals surface area (Å²) in [6.07, 6.45) is 2.29. The Morgan fingerprint density at radius 2 is 1.81 bits per heavy atom. The van der Waals surface area contributed by atoms with Gasteiger partial charge < -0.3 is 0 Å². The Hall–Kier alpha value is -2.74. The van der Waals surface area contributed by atoms with Crippen molar-refractivity contribution in [2.75, 3.05) is 10.8 Å². The zero-order valence-electron chi connectivity index (χ0n) is 13.8. The van der Waals surface area contributed by atoms with Gasteiger partial charge in [-0.15, -0.1) is 0 Å². The number of fused-ring (bicyclic) bond motifs is 1. The number of hydrogen-bond acceptors (Lipinski definition) is 5. The number of nitro groups is 1. The lowest BCUT2D eigenvalue weighted by atomic mass is 10.1. The van der Waals surface area contributed by atoms with Crippen molar-refractivity contribution in [3.63, 3.8) is 0 Å². The molecule has 1 saturated carbocycles. The largest absolute Gasteiger partial charge is 0.294 e. The monoisotopic (exact) mass is 372 g/mol. The van der Waals surface area contributed by atoms with E-state index in [4.69, 9.17) is 0 Å². The van der Waals surface area contributed by atoms with Crippen LogP contribution in [0.2, 0.25) is 0 Å². The normalized spacial score (nSPS) is 16.4. The van der Waals surface area contributed by atoms with E-state index in [-0.39, 0.29) is 28.8 Å². The second-order valence-electron chi connectivity index (χ2n) is 6.56. The maximum Gasteiger partial charge on any atom is 0.271 e. The fourth-order valence-corrected chi connectivity index (χ4v) is 4.70. The second kappa shape index (κ2) is 5.91. The number of non-ortho nitro benzene ring substituents is 1. The Morgan fingerprint density at radius 1 is 1.12 bits per heavy atom. The van der Waals surface area contributed by atoms with Gasteiger partial charge in [-0.25, -0.2) is 8.42 Å². The average molecular weight is 372 g/mol. The molecule has 1 aliphatic carbocycles. The zero-order valence-corrected chi connectivity index (χ0v) is 14.6. The van der Waals surface area contributed by atoms with Crippen LogP contribution in [0.5, 0.6) is 0 Å². The molecule has 1 aliphatic heterocycles. The molecule has 2 aromatic carbocycles. The molecule has 0 unspecified atom stereocenters. The molecular weight excluding hydrogens is 356 g/mol. The van der Waals surface area contributed by atoms with Crippen molar-refractivity contribution in [3.8, 4) is 0 Å². The van der Waals surface area contributed by atoms with Crippen molar-refractivity contribution >= 4 is 27.2 Å².